The Morgan fingerprint density at radius 2 is 2.00 bits per heavy atom. The molecule has 0 aliphatic rings. The van der Waals surface area contributed by atoms with Gasteiger partial charge in [-0.05, 0) is 46.6 Å². The van der Waals surface area contributed by atoms with Gasteiger partial charge < -0.3 is 0 Å². The van der Waals surface area contributed by atoms with Crippen molar-refractivity contribution in [3.8, 4) is 0 Å². The number of aromatic nitrogens is 1. The molecule has 108 valence electrons. The van der Waals surface area contributed by atoms with Crippen molar-refractivity contribution < 1.29 is 8.42 Å². The van der Waals surface area contributed by atoms with Crippen LogP contribution in [-0.2, 0) is 10.0 Å². The van der Waals surface area contributed by atoms with Gasteiger partial charge in [-0.25, -0.2) is 8.42 Å². The van der Waals surface area contributed by atoms with Crippen molar-refractivity contribution in [3.63, 3.8) is 0 Å². The molecule has 0 unspecified atom stereocenters. The topological polar surface area (TPSA) is 59.1 Å². The Labute approximate surface area is 135 Å². The van der Waals surface area contributed by atoms with Gasteiger partial charge in [0, 0.05) is 11.6 Å². The van der Waals surface area contributed by atoms with Gasteiger partial charge in [-0.3, -0.25) is 9.71 Å². The summed E-state index contributed by atoms with van der Waals surface area (Å²) in [7, 11) is -3.61. The normalized spacial score (nSPS) is 11.7. The van der Waals surface area contributed by atoms with Crippen molar-refractivity contribution in [2.75, 3.05) is 4.72 Å². The zero-order chi connectivity index (χ0) is 15.0. The Morgan fingerprint density at radius 3 is 2.71 bits per heavy atom. The number of anilines is 1. The largest absolute Gasteiger partial charge is 0.277 e. The predicted molar refractivity (Wildman–Crippen MR) is 89.3 cm³/mol. The third-order valence-electron chi connectivity index (χ3n) is 2.98. The lowest BCUT2D eigenvalue weighted by Gasteiger charge is -2.08. The van der Waals surface area contributed by atoms with Crippen LogP contribution in [0.4, 0.5) is 5.69 Å². The lowest BCUT2D eigenvalue weighted by molar-refractivity contribution is 0.603. The molecule has 0 aliphatic carbocycles. The highest BCUT2D eigenvalue weighted by molar-refractivity contribution is 9.11. The smallest absolute Gasteiger partial charge is 0.271 e. The summed E-state index contributed by atoms with van der Waals surface area (Å²) < 4.78 is 28.6. The van der Waals surface area contributed by atoms with Gasteiger partial charge in [0.2, 0.25) is 0 Å². The summed E-state index contributed by atoms with van der Waals surface area (Å²) in [5, 5.41) is 0.890. The van der Waals surface area contributed by atoms with E-state index in [9.17, 15) is 8.42 Å². The third kappa shape index (κ3) is 2.81. The van der Waals surface area contributed by atoms with E-state index in [2.05, 4.69) is 25.6 Å². The Balaban J connectivity index is 2.05. The summed E-state index contributed by atoms with van der Waals surface area (Å²) in [5.41, 5.74) is 2.02. The Kier molecular flexibility index (Phi) is 3.73. The van der Waals surface area contributed by atoms with Gasteiger partial charge in [0.05, 0.1) is 15.0 Å². The highest BCUT2D eigenvalue weighted by atomic mass is 79.9. The molecule has 1 N–H and O–H groups in total. The number of aryl methyl sites for hydroxylation is 1. The predicted octanol–water partition coefficient (Wildman–Crippen LogP) is 4.17. The van der Waals surface area contributed by atoms with E-state index in [1.54, 1.807) is 24.4 Å². The number of para-hydroxylation sites is 1. The van der Waals surface area contributed by atoms with Crippen LogP contribution in [0.2, 0.25) is 0 Å². The number of benzene rings is 1. The molecular weight excluding hydrogens is 372 g/mol. The lowest BCUT2D eigenvalue weighted by atomic mass is 10.2. The van der Waals surface area contributed by atoms with Crippen LogP contribution < -0.4 is 4.72 Å². The molecule has 1 aromatic carbocycles. The van der Waals surface area contributed by atoms with Crippen molar-refractivity contribution in [1.82, 2.24) is 4.98 Å². The standard InChI is InChI=1S/C14H11BrN2O2S2/c1-9-8-12(20-14(9)15)21(18,19)17-11-6-2-4-10-5-3-7-16-13(10)11/h2-8,17H,1H3. The molecule has 21 heavy (non-hydrogen) atoms. The first-order valence-corrected chi connectivity index (χ1v) is 9.19. The van der Waals surface area contributed by atoms with Crippen molar-refractivity contribution in [1.29, 1.82) is 0 Å². The number of hydrogen-bond acceptors (Lipinski definition) is 4. The molecule has 0 atom stereocenters. The van der Waals surface area contributed by atoms with Crippen molar-refractivity contribution in [3.05, 3.63) is 51.9 Å². The maximum Gasteiger partial charge on any atom is 0.271 e. The summed E-state index contributed by atoms with van der Waals surface area (Å²) >= 11 is 4.54. The van der Waals surface area contributed by atoms with Crippen molar-refractivity contribution >= 4 is 53.9 Å². The number of thiophene rings is 1. The highest BCUT2D eigenvalue weighted by Gasteiger charge is 2.19. The number of sulfonamides is 1. The fraction of sp³-hybridized carbons (Fsp3) is 0.0714. The minimum absolute atomic E-state index is 0.278. The zero-order valence-electron chi connectivity index (χ0n) is 11.0. The van der Waals surface area contributed by atoms with Gasteiger partial charge >= 0.3 is 0 Å². The molecule has 4 nitrogen and oxygen atoms in total. The Hall–Kier alpha value is -1.44. The van der Waals surface area contributed by atoms with Gasteiger partial charge in [-0.1, -0.05) is 18.2 Å². The fourth-order valence-electron chi connectivity index (χ4n) is 1.95. The van der Waals surface area contributed by atoms with Crippen molar-refractivity contribution in [2.45, 2.75) is 11.1 Å². The molecule has 7 heteroatoms. The maximum absolute atomic E-state index is 12.5. The average Bonchev–Trinajstić information content (AvgIpc) is 2.80. The molecule has 0 fully saturated rings. The SMILES string of the molecule is Cc1cc(S(=O)(=O)Nc2cccc3cccnc23)sc1Br. The number of fused-ring (bicyclic) bond motifs is 1. The van der Waals surface area contributed by atoms with Gasteiger partial charge in [0.15, 0.2) is 0 Å². The molecule has 3 aromatic rings. The average molecular weight is 383 g/mol. The molecule has 0 spiro atoms. The summed E-state index contributed by atoms with van der Waals surface area (Å²) in [5.74, 6) is 0. The van der Waals surface area contributed by atoms with E-state index in [1.165, 1.54) is 11.3 Å². The lowest BCUT2D eigenvalue weighted by Crippen LogP contribution is -2.12. The summed E-state index contributed by atoms with van der Waals surface area (Å²) in [6, 6.07) is 10.8. The van der Waals surface area contributed by atoms with Crippen LogP contribution in [-0.4, -0.2) is 13.4 Å². The number of rotatable bonds is 3. The van der Waals surface area contributed by atoms with Crippen LogP contribution in [0.1, 0.15) is 5.56 Å². The van der Waals surface area contributed by atoms with Crippen LogP contribution in [0, 0.1) is 6.92 Å². The minimum Gasteiger partial charge on any atom is -0.277 e. The maximum atomic E-state index is 12.5. The van der Waals surface area contributed by atoms with Gasteiger partial charge in [-0.2, -0.15) is 0 Å². The van der Waals surface area contributed by atoms with Crippen LogP contribution >= 0.6 is 27.3 Å². The molecule has 2 aromatic heterocycles. The van der Waals surface area contributed by atoms with E-state index < -0.39 is 10.0 Å². The van der Waals surface area contributed by atoms with E-state index >= 15 is 0 Å². The van der Waals surface area contributed by atoms with Gasteiger partial charge in [0.25, 0.3) is 10.0 Å². The van der Waals surface area contributed by atoms with Crippen molar-refractivity contribution in [2.24, 2.45) is 0 Å². The molecule has 0 aliphatic heterocycles. The number of hydrogen-bond donors (Lipinski definition) is 1. The summed E-state index contributed by atoms with van der Waals surface area (Å²) in [6.45, 7) is 1.86. The Morgan fingerprint density at radius 1 is 1.24 bits per heavy atom. The zero-order valence-corrected chi connectivity index (χ0v) is 14.2. The molecule has 3 rings (SSSR count). The molecule has 0 bridgehead atoms. The second-order valence-electron chi connectivity index (χ2n) is 4.51. The highest BCUT2D eigenvalue weighted by Crippen LogP contribution is 2.32. The minimum atomic E-state index is -3.61. The molecule has 0 amide bonds. The molecular formula is C14H11BrN2O2S2. The van der Waals surface area contributed by atoms with Crippen LogP contribution in [0.25, 0.3) is 10.9 Å². The summed E-state index contributed by atoms with van der Waals surface area (Å²) in [4.78, 5) is 4.25. The van der Waals surface area contributed by atoms with Gasteiger partial charge in [-0.15, -0.1) is 11.3 Å². The number of nitrogens with zero attached hydrogens (tertiary/aromatic N) is 1. The van der Waals surface area contributed by atoms with Crippen LogP contribution in [0.5, 0.6) is 0 Å². The van der Waals surface area contributed by atoms with E-state index in [1.807, 2.05) is 25.1 Å². The van der Waals surface area contributed by atoms with E-state index in [0.717, 1.165) is 14.7 Å². The number of halogens is 1. The van der Waals surface area contributed by atoms with E-state index in [-0.39, 0.29) is 4.21 Å². The van der Waals surface area contributed by atoms with Gasteiger partial charge in [0.1, 0.15) is 4.21 Å². The first-order chi connectivity index (χ1) is 9.97. The quantitative estimate of drug-likeness (QED) is 0.739. The Bertz CT molecular complexity index is 895. The number of nitrogens with one attached hydrogen (secondary N) is 1. The van der Waals surface area contributed by atoms with Crippen LogP contribution in [0.3, 0.4) is 0 Å². The van der Waals surface area contributed by atoms with E-state index in [0.29, 0.717) is 11.2 Å². The molecule has 0 saturated carbocycles. The first kappa shape index (κ1) is 14.5. The molecule has 2 heterocycles. The first-order valence-electron chi connectivity index (χ1n) is 6.10. The van der Waals surface area contributed by atoms with E-state index in [4.69, 9.17) is 0 Å². The molecule has 0 radical (unpaired) electrons. The second-order valence-corrected chi connectivity index (χ2v) is 8.79. The second kappa shape index (κ2) is 5.40. The fourth-order valence-corrected chi connectivity index (χ4v) is 5.24. The molecule has 0 saturated heterocycles. The third-order valence-corrected chi connectivity index (χ3v) is 6.95. The summed E-state index contributed by atoms with van der Waals surface area (Å²) in [6.07, 6.45) is 1.64. The monoisotopic (exact) mass is 382 g/mol. The van der Waals surface area contributed by atoms with Crippen LogP contribution in [0.15, 0.2) is 50.6 Å². The number of pyridine rings is 1.